The maximum atomic E-state index is 12.3. The molecular weight excluding hydrogens is 266 g/mol. The van der Waals surface area contributed by atoms with Gasteiger partial charge in [0.1, 0.15) is 6.04 Å². The molecule has 1 saturated heterocycles. The third-order valence-corrected chi connectivity index (χ3v) is 4.06. The van der Waals surface area contributed by atoms with Gasteiger partial charge in [-0.15, -0.1) is 0 Å². The first kappa shape index (κ1) is 18.0. The van der Waals surface area contributed by atoms with Gasteiger partial charge in [0.25, 0.3) is 0 Å². The number of piperazine rings is 1. The second-order valence-electron chi connectivity index (χ2n) is 6.79. The number of hydrogen-bond donors (Lipinski definition) is 1. The second kappa shape index (κ2) is 8.37. The molecule has 122 valence electrons. The minimum absolute atomic E-state index is 0.0282. The van der Waals surface area contributed by atoms with Crippen molar-refractivity contribution in [2.45, 2.75) is 59.0 Å². The van der Waals surface area contributed by atoms with Crippen molar-refractivity contribution < 1.29 is 9.59 Å². The summed E-state index contributed by atoms with van der Waals surface area (Å²) in [7, 11) is 2.11. The van der Waals surface area contributed by atoms with Gasteiger partial charge in [-0.3, -0.25) is 9.59 Å². The van der Waals surface area contributed by atoms with Gasteiger partial charge in [-0.05, 0) is 52.6 Å². The van der Waals surface area contributed by atoms with E-state index in [4.69, 9.17) is 0 Å². The maximum Gasteiger partial charge on any atom is 0.245 e. The van der Waals surface area contributed by atoms with Gasteiger partial charge < -0.3 is 15.1 Å². The lowest BCUT2D eigenvalue weighted by molar-refractivity contribution is -0.144. The van der Waals surface area contributed by atoms with Crippen molar-refractivity contribution in [3.63, 3.8) is 0 Å². The molecule has 0 spiro atoms. The number of amides is 2. The van der Waals surface area contributed by atoms with Crippen molar-refractivity contribution in [3.8, 4) is 0 Å². The molecular formula is C16H31N3O2. The van der Waals surface area contributed by atoms with E-state index in [-0.39, 0.29) is 24.4 Å². The molecule has 0 aromatic rings. The molecule has 1 heterocycles. The van der Waals surface area contributed by atoms with Gasteiger partial charge in [-0.1, -0.05) is 13.8 Å². The first-order valence-electron chi connectivity index (χ1n) is 8.09. The largest absolute Gasteiger partial charge is 0.343 e. The predicted molar refractivity (Wildman–Crippen MR) is 85.0 cm³/mol. The quantitative estimate of drug-likeness (QED) is 0.691. The lowest BCUT2D eigenvalue weighted by atomic mass is 10.0. The van der Waals surface area contributed by atoms with Gasteiger partial charge in [0.05, 0.1) is 6.54 Å². The summed E-state index contributed by atoms with van der Waals surface area (Å²) < 4.78 is 0. The average Bonchev–Trinajstić information content (AvgIpc) is 2.38. The average molecular weight is 297 g/mol. The minimum Gasteiger partial charge on any atom is -0.343 e. The molecule has 0 aliphatic carbocycles. The van der Waals surface area contributed by atoms with E-state index in [9.17, 15) is 9.59 Å². The van der Waals surface area contributed by atoms with Crippen LogP contribution in [0.25, 0.3) is 0 Å². The lowest BCUT2D eigenvalue weighted by Crippen LogP contribution is -2.58. The summed E-state index contributed by atoms with van der Waals surface area (Å²) in [5.41, 5.74) is 0. The zero-order chi connectivity index (χ0) is 16.0. The SMILES string of the molecule is CC(C)CC1NC(=O)CN(CCCCN(C)C(C)C)C1=O. The van der Waals surface area contributed by atoms with Gasteiger partial charge in [-0.2, -0.15) is 0 Å². The van der Waals surface area contributed by atoms with Crippen LogP contribution < -0.4 is 5.32 Å². The van der Waals surface area contributed by atoms with Crippen LogP contribution in [0.5, 0.6) is 0 Å². The monoisotopic (exact) mass is 297 g/mol. The Kier molecular flexibility index (Phi) is 7.15. The number of unbranched alkanes of at least 4 members (excludes halogenated alkanes) is 1. The Morgan fingerprint density at radius 1 is 1.24 bits per heavy atom. The Hall–Kier alpha value is -1.10. The van der Waals surface area contributed by atoms with Crippen molar-refractivity contribution in [2.24, 2.45) is 5.92 Å². The van der Waals surface area contributed by atoms with Gasteiger partial charge >= 0.3 is 0 Å². The summed E-state index contributed by atoms with van der Waals surface area (Å²) in [4.78, 5) is 28.1. The molecule has 1 aliphatic rings. The van der Waals surface area contributed by atoms with Gasteiger partial charge in [0, 0.05) is 12.6 Å². The van der Waals surface area contributed by atoms with E-state index in [1.54, 1.807) is 4.90 Å². The second-order valence-corrected chi connectivity index (χ2v) is 6.79. The minimum atomic E-state index is -0.329. The van der Waals surface area contributed by atoms with E-state index >= 15 is 0 Å². The highest BCUT2D eigenvalue weighted by Gasteiger charge is 2.32. The summed E-state index contributed by atoms with van der Waals surface area (Å²) in [5, 5.41) is 2.81. The smallest absolute Gasteiger partial charge is 0.245 e. The molecule has 0 aromatic heterocycles. The number of hydrogen-bond acceptors (Lipinski definition) is 3. The number of rotatable bonds is 8. The first-order chi connectivity index (χ1) is 9.81. The van der Waals surface area contributed by atoms with E-state index in [1.807, 2.05) is 0 Å². The Labute approximate surface area is 129 Å². The van der Waals surface area contributed by atoms with Gasteiger partial charge in [0.15, 0.2) is 0 Å². The molecule has 1 fully saturated rings. The van der Waals surface area contributed by atoms with Crippen molar-refractivity contribution in [1.82, 2.24) is 15.1 Å². The molecule has 1 atom stereocenters. The van der Waals surface area contributed by atoms with Crippen LogP contribution >= 0.6 is 0 Å². The molecule has 5 nitrogen and oxygen atoms in total. The summed E-state index contributed by atoms with van der Waals surface area (Å²) in [6, 6.07) is 0.215. The molecule has 1 N–H and O–H groups in total. The Morgan fingerprint density at radius 2 is 1.90 bits per heavy atom. The number of carbonyl (C=O) groups is 2. The molecule has 0 aromatic carbocycles. The summed E-state index contributed by atoms with van der Waals surface area (Å²) >= 11 is 0. The Bertz CT molecular complexity index is 355. The van der Waals surface area contributed by atoms with Crippen LogP contribution in [0.1, 0.15) is 47.0 Å². The lowest BCUT2D eigenvalue weighted by Gasteiger charge is -2.33. The van der Waals surface area contributed by atoms with Crippen molar-refractivity contribution in [1.29, 1.82) is 0 Å². The van der Waals surface area contributed by atoms with Crippen LogP contribution in [0.15, 0.2) is 0 Å². The number of nitrogens with one attached hydrogen (secondary N) is 1. The normalized spacial score (nSPS) is 19.8. The van der Waals surface area contributed by atoms with E-state index in [1.165, 1.54) is 0 Å². The van der Waals surface area contributed by atoms with Crippen molar-refractivity contribution in [2.75, 3.05) is 26.7 Å². The number of nitrogens with zero attached hydrogens (tertiary/aromatic N) is 2. The molecule has 2 amide bonds. The third-order valence-electron chi connectivity index (χ3n) is 4.06. The summed E-state index contributed by atoms with van der Waals surface area (Å²) in [6.07, 6.45) is 2.72. The van der Waals surface area contributed by atoms with Crippen LogP contribution in [0.3, 0.4) is 0 Å². The zero-order valence-electron chi connectivity index (χ0n) is 14.2. The molecule has 0 saturated carbocycles. The van der Waals surface area contributed by atoms with Crippen LogP contribution in [0.2, 0.25) is 0 Å². The fourth-order valence-corrected chi connectivity index (χ4v) is 2.52. The summed E-state index contributed by atoms with van der Waals surface area (Å²) in [5.74, 6) is 0.457. The molecule has 5 heteroatoms. The predicted octanol–water partition coefficient (Wildman–Crippen LogP) is 1.48. The van der Waals surface area contributed by atoms with Crippen LogP contribution in [-0.2, 0) is 9.59 Å². The van der Waals surface area contributed by atoms with E-state index in [0.717, 1.165) is 25.8 Å². The van der Waals surface area contributed by atoms with Gasteiger partial charge in [0.2, 0.25) is 11.8 Å². The highest BCUT2D eigenvalue weighted by molar-refractivity contribution is 5.94. The topological polar surface area (TPSA) is 52.7 Å². The highest BCUT2D eigenvalue weighted by Crippen LogP contribution is 2.12. The number of carbonyl (C=O) groups excluding carboxylic acids is 2. The van der Waals surface area contributed by atoms with Crippen molar-refractivity contribution in [3.05, 3.63) is 0 Å². The fourth-order valence-electron chi connectivity index (χ4n) is 2.52. The maximum absolute atomic E-state index is 12.3. The van der Waals surface area contributed by atoms with E-state index in [0.29, 0.717) is 18.5 Å². The molecule has 1 unspecified atom stereocenters. The molecule has 1 rings (SSSR count). The molecule has 0 radical (unpaired) electrons. The Balaban J connectivity index is 2.39. The van der Waals surface area contributed by atoms with Crippen LogP contribution in [0.4, 0.5) is 0 Å². The standard InChI is InChI=1S/C16H31N3O2/c1-12(2)10-14-16(21)19(11-15(20)17-14)9-7-6-8-18(5)13(3)4/h12-14H,6-11H2,1-5H3,(H,17,20). The fraction of sp³-hybridized carbons (Fsp3) is 0.875. The third kappa shape index (κ3) is 6.04. The molecule has 21 heavy (non-hydrogen) atoms. The van der Waals surface area contributed by atoms with E-state index < -0.39 is 0 Å². The Morgan fingerprint density at radius 3 is 2.48 bits per heavy atom. The first-order valence-corrected chi connectivity index (χ1v) is 8.09. The van der Waals surface area contributed by atoms with Crippen molar-refractivity contribution >= 4 is 11.8 Å². The molecule has 1 aliphatic heterocycles. The highest BCUT2D eigenvalue weighted by atomic mass is 16.2. The van der Waals surface area contributed by atoms with Gasteiger partial charge in [-0.25, -0.2) is 0 Å². The summed E-state index contributed by atoms with van der Waals surface area (Å²) in [6.45, 7) is 10.4. The van der Waals surface area contributed by atoms with Crippen LogP contribution in [0, 0.1) is 5.92 Å². The zero-order valence-corrected chi connectivity index (χ0v) is 14.2. The molecule has 0 bridgehead atoms. The van der Waals surface area contributed by atoms with Crippen LogP contribution in [-0.4, -0.2) is 60.4 Å². The van der Waals surface area contributed by atoms with E-state index in [2.05, 4.69) is 45.0 Å².